The maximum atomic E-state index is 5.74. The second-order valence-electron chi connectivity index (χ2n) is 4.59. The van der Waals surface area contributed by atoms with Crippen molar-refractivity contribution >= 4 is 5.69 Å². The Bertz CT molecular complexity index is 505. The molecule has 0 spiro atoms. The van der Waals surface area contributed by atoms with E-state index < -0.39 is 0 Å². The minimum Gasteiger partial charge on any atom is -0.491 e. The molecule has 2 aromatic carbocycles. The van der Waals surface area contributed by atoms with Gasteiger partial charge in [0.05, 0.1) is 0 Å². The molecule has 1 N–H and O–H groups in total. The Balaban J connectivity index is 1.76. The van der Waals surface area contributed by atoms with Crippen LogP contribution in [0.2, 0.25) is 0 Å². The van der Waals surface area contributed by atoms with Gasteiger partial charge in [0.1, 0.15) is 12.4 Å². The van der Waals surface area contributed by atoms with Gasteiger partial charge in [-0.1, -0.05) is 37.3 Å². The number of anilines is 1. The topological polar surface area (TPSA) is 21.3 Å². The van der Waals surface area contributed by atoms with E-state index in [2.05, 4.69) is 49.5 Å². The molecule has 2 rings (SSSR count). The average molecular weight is 255 g/mol. The highest BCUT2D eigenvalue weighted by atomic mass is 16.5. The second-order valence-corrected chi connectivity index (χ2v) is 4.59. The first kappa shape index (κ1) is 13.5. The van der Waals surface area contributed by atoms with Gasteiger partial charge < -0.3 is 10.1 Å². The van der Waals surface area contributed by atoms with Crippen molar-refractivity contribution in [2.24, 2.45) is 0 Å². The molecule has 0 fully saturated rings. The third-order valence-corrected chi connectivity index (χ3v) is 3.14. The normalized spacial score (nSPS) is 10.2. The van der Waals surface area contributed by atoms with Crippen molar-refractivity contribution in [2.45, 2.75) is 20.3 Å². The summed E-state index contributed by atoms with van der Waals surface area (Å²) in [6, 6.07) is 16.6. The molecule has 19 heavy (non-hydrogen) atoms. The Morgan fingerprint density at radius 3 is 2.42 bits per heavy atom. The van der Waals surface area contributed by atoms with Gasteiger partial charge in [0.2, 0.25) is 0 Å². The van der Waals surface area contributed by atoms with E-state index >= 15 is 0 Å². The largest absolute Gasteiger partial charge is 0.491 e. The molecule has 0 heterocycles. The summed E-state index contributed by atoms with van der Waals surface area (Å²) in [6.07, 6.45) is 1.08. The maximum absolute atomic E-state index is 5.74. The molecule has 0 aliphatic carbocycles. The van der Waals surface area contributed by atoms with E-state index in [-0.39, 0.29) is 0 Å². The van der Waals surface area contributed by atoms with Gasteiger partial charge in [-0.15, -0.1) is 0 Å². The SMILES string of the molecule is CCc1ccc(NCCOc2ccccc2C)cc1. The number of para-hydroxylation sites is 1. The predicted octanol–water partition coefficient (Wildman–Crippen LogP) is 4.05. The molecule has 0 aliphatic heterocycles. The lowest BCUT2D eigenvalue weighted by Gasteiger charge is -2.10. The summed E-state index contributed by atoms with van der Waals surface area (Å²) in [6.45, 7) is 5.70. The van der Waals surface area contributed by atoms with E-state index in [0.717, 1.165) is 24.4 Å². The van der Waals surface area contributed by atoms with Crippen molar-refractivity contribution in [3.8, 4) is 5.75 Å². The monoisotopic (exact) mass is 255 g/mol. The lowest BCUT2D eigenvalue weighted by molar-refractivity contribution is 0.330. The lowest BCUT2D eigenvalue weighted by atomic mass is 10.1. The highest BCUT2D eigenvalue weighted by molar-refractivity contribution is 5.44. The van der Waals surface area contributed by atoms with E-state index in [4.69, 9.17) is 4.74 Å². The molecule has 0 aliphatic rings. The van der Waals surface area contributed by atoms with Crippen molar-refractivity contribution in [2.75, 3.05) is 18.5 Å². The molecule has 0 bridgehead atoms. The molecular weight excluding hydrogens is 234 g/mol. The molecule has 0 amide bonds. The van der Waals surface area contributed by atoms with Crippen LogP contribution in [-0.4, -0.2) is 13.2 Å². The molecule has 0 unspecified atom stereocenters. The van der Waals surface area contributed by atoms with Crippen LogP contribution >= 0.6 is 0 Å². The number of nitrogens with one attached hydrogen (secondary N) is 1. The Morgan fingerprint density at radius 1 is 1.00 bits per heavy atom. The van der Waals surface area contributed by atoms with E-state index in [1.54, 1.807) is 0 Å². The standard InChI is InChI=1S/C17H21NO/c1-3-15-8-10-16(11-9-15)18-12-13-19-17-7-5-4-6-14(17)2/h4-11,18H,3,12-13H2,1-2H3. The van der Waals surface area contributed by atoms with Crippen LogP contribution in [0.25, 0.3) is 0 Å². The molecule has 0 atom stereocenters. The molecule has 0 saturated carbocycles. The Kier molecular flexibility index (Phi) is 4.85. The van der Waals surface area contributed by atoms with Gasteiger partial charge in [-0.3, -0.25) is 0 Å². The summed E-state index contributed by atoms with van der Waals surface area (Å²) in [5.74, 6) is 0.964. The zero-order valence-corrected chi connectivity index (χ0v) is 11.6. The van der Waals surface area contributed by atoms with Gasteiger partial charge in [-0.05, 0) is 42.7 Å². The molecule has 0 saturated heterocycles. The van der Waals surface area contributed by atoms with Gasteiger partial charge in [0.15, 0.2) is 0 Å². The summed E-state index contributed by atoms with van der Waals surface area (Å²) < 4.78 is 5.74. The van der Waals surface area contributed by atoms with Gasteiger partial charge in [0, 0.05) is 12.2 Å². The zero-order valence-electron chi connectivity index (χ0n) is 11.6. The molecule has 2 nitrogen and oxygen atoms in total. The molecule has 0 radical (unpaired) electrons. The number of rotatable bonds is 6. The number of aryl methyl sites for hydroxylation is 2. The highest BCUT2D eigenvalue weighted by Crippen LogP contribution is 2.16. The minimum absolute atomic E-state index is 0.667. The van der Waals surface area contributed by atoms with E-state index in [9.17, 15) is 0 Å². The van der Waals surface area contributed by atoms with Crippen molar-refractivity contribution in [3.05, 3.63) is 59.7 Å². The second kappa shape index (κ2) is 6.83. The number of benzene rings is 2. The Labute approximate surface area is 115 Å². The van der Waals surface area contributed by atoms with Gasteiger partial charge in [0.25, 0.3) is 0 Å². The summed E-state index contributed by atoms with van der Waals surface area (Å²) in [5.41, 5.74) is 3.68. The third kappa shape index (κ3) is 4.02. The van der Waals surface area contributed by atoms with Crippen molar-refractivity contribution in [1.29, 1.82) is 0 Å². The lowest BCUT2D eigenvalue weighted by Crippen LogP contribution is -2.11. The summed E-state index contributed by atoms with van der Waals surface area (Å²) in [5, 5.41) is 3.36. The Hall–Kier alpha value is -1.96. The van der Waals surface area contributed by atoms with Crippen LogP contribution in [0.3, 0.4) is 0 Å². The quantitative estimate of drug-likeness (QED) is 0.786. The number of ether oxygens (including phenoxy) is 1. The fourth-order valence-electron chi connectivity index (χ4n) is 1.93. The first-order valence-corrected chi connectivity index (χ1v) is 6.81. The molecule has 100 valence electrons. The van der Waals surface area contributed by atoms with Gasteiger partial charge in [-0.25, -0.2) is 0 Å². The van der Waals surface area contributed by atoms with Gasteiger partial charge in [-0.2, -0.15) is 0 Å². The smallest absolute Gasteiger partial charge is 0.122 e. The molecule has 0 aromatic heterocycles. The van der Waals surface area contributed by atoms with Crippen LogP contribution in [-0.2, 0) is 6.42 Å². The molecular formula is C17H21NO. The molecule has 2 heteroatoms. The fourth-order valence-corrected chi connectivity index (χ4v) is 1.93. The van der Waals surface area contributed by atoms with E-state index in [1.165, 1.54) is 11.1 Å². The van der Waals surface area contributed by atoms with E-state index in [1.807, 2.05) is 18.2 Å². The third-order valence-electron chi connectivity index (χ3n) is 3.14. The Morgan fingerprint density at radius 2 is 1.74 bits per heavy atom. The first-order chi connectivity index (χ1) is 9.29. The van der Waals surface area contributed by atoms with Crippen LogP contribution in [0.15, 0.2) is 48.5 Å². The molecule has 2 aromatic rings. The summed E-state index contributed by atoms with van der Waals surface area (Å²) >= 11 is 0. The highest BCUT2D eigenvalue weighted by Gasteiger charge is 1.97. The van der Waals surface area contributed by atoms with Crippen molar-refractivity contribution in [3.63, 3.8) is 0 Å². The van der Waals surface area contributed by atoms with Crippen LogP contribution < -0.4 is 10.1 Å². The van der Waals surface area contributed by atoms with Crippen LogP contribution in [0.1, 0.15) is 18.1 Å². The van der Waals surface area contributed by atoms with Crippen molar-refractivity contribution < 1.29 is 4.74 Å². The minimum atomic E-state index is 0.667. The summed E-state index contributed by atoms with van der Waals surface area (Å²) in [4.78, 5) is 0. The van der Waals surface area contributed by atoms with Crippen LogP contribution in [0.5, 0.6) is 5.75 Å². The summed E-state index contributed by atoms with van der Waals surface area (Å²) in [7, 11) is 0. The fraction of sp³-hybridized carbons (Fsp3) is 0.294. The van der Waals surface area contributed by atoms with Crippen LogP contribution in [0, 0.1) is 6.92 Å². The van der Waals surface area contributed by atoms with E-state index in [0.29, 0.717) is 6.61 Å². The number of hydrogen-bond donors (Lipinski definition) is 1. The van der Waals surface area contributed by atoms with Gasteiger partial charge >= 0.3 is 0 Å². The predicted molar refractivity (Wildman–Crippen MR) is 81.0 cm³/mol. The average Bonchev–Trinajstić information content (AvgIpc) is 2.46. The first-order valence-electron chi connectivity index (χ1n) is 6.81. The zero-order chi connectivity index (χ0) is 13.5. The number of hydrogen-bond acceptors (Lipinski definition) is 2. The maximum Gasteiger partial charge on any atom is 0.122 e. The van der Waals surface area contributed by atoms with Crippen molar-refractivity contribution in [1.82, 2.24) is 0 Å². The van der Waals surface area contributed by atoms with Crippen LogP contribution in [0.4, 0.5) is 5.69 Å².